The standard InChI is InChI=1S/C15H28N4O3/c1-3-7-16-13(20)12-19(8-4-2)15(22)17-11-14(21)18-9-5-6-10-18/h3-12H2,1-2H3,(H,16,20)(H,17,22). The van der Waals surface area contributed by atoms with Crippen molar-refractivity contribution in [2.24, 2.45) is 0 Å². The van der Waals surface area contributed by atoms with Crippen molar-refractivity contribution in [1.82, 2.24) is 20.4 Å². The molecule has 0 unspecified atom stereocenters. The van der Waals surface area contributed by atoms with Crippen LogP contribution in [0.25, 0.3) is 0 Å². The van der Waals surface area contributed by atoms with Crippen molar-refractivity contribution in [2.75, 3.05) is 39.3 Å². The minimum absolute atomic E-state index is 0.00434. The first-order valence-corrected chi connectivity index (χ1v) is 8.15. The molecular weight excluding hydrogens is 284 g/mol. The van der Waals surface area contributed by atoms with Crippen LogP contribution in [0.15, 0.2) is 0 Å². The normalized spacial score (nSPS) is 13.8. The molecule has 0 aromatic rings. The van der Waals surface area contributed by atoms with Gasteiger partial charge in [0.25, 0.3) is 0 Å². The molecule has 0 saturated carbocycles. The SMILES string of the molecule is CCCNC(=O)CN(CCC)C(=O)NCC(=O)N1CCCC1. The quantitative estimate of drug-likeness (QED) is 0.687. The van der Waals surface area contributed by atoms with Gasteiger partial charge in [-0.1, -0.05) is 13.8 Å². The van der Waals surface area contributed by atoms with Gasteiger partial charge in [0.1, 0.15) is 6.54 Å². The molecule has 7 heteroatoms. The highest BCUT2D eigenvalue weighted by atomic mass is 16.2. The number of carbonyl (C=O) groups is 3. The molecule has 0 spiro atoms. The summed E-state index contributed by atoms with van der Waals surface area (Å²) in [4.78, 5) is 39.0. The summed E-state index contributed by atoms with van der Waals surface area (Å²) in [5.74, 6) is -0.228. The second-order valence-electron chi connectivity index (χ2n) is 5.52. The number of nitrogens with one attached hydrogen (secondary N) is 2. The van der Waals surface area contributed by atoms with Crippen LogP contribution in [0.2, 0.25) is 0 Å². The summed E-state index contributed by atoms with van der Waals surface area (Å²) < 4.78 is 0. The lowest BCUT2D eigenvalue weighted by Gasteiger charge is -2.23. The van der Waals surface area contributed by atoms with Gasteiger partial charge in [-0.2, -0.15) is 0 Å². The van der Waals surface area contributed by atoms with Crippen LogP contribution in [-0.2, 0) is 9.59 Å². The van der Waals surface area contributed by atoms with Gasteiger partial charge in [0.15, 0.2) is 0 Å². The summed E-state index contributed by atoms with van der Waals surface area (Å²) in [5.41, 5.74) is 0. The van der Waals surface area contributed by atoms with Gasteiger partial charge in [-0.3, -0.25) is 9.59 Å². The van der Waals surface area contributed by atoms with E-state index in [-0.39, 0.29) is 30.9 Å². The van der Waals surface area contributed by atoms with Crippen LogP contribution >= 0.6 is 0 Å². The highest BCUT2D eigenvalue weighted by Crippen LogP contribution is 2.06. The Labute approximate surface area is 132 Å². The minimum atomic E-state index is -0.360. The molecule has 1 aliphatic rings. The van der Waals surface area contributed by atoms with Crippen molar-refractivity contribution >= 4 is 17.8 Å². The summed E-state index contributed by atoms with van der Waals surface area (Å²) in [6, 6.07) is -0.360. The predicted octanol–water partition coefficient (Wildman–Crippen LogP) is 0.557. The molecule has 1 saturated heterocycles. The van der Waals surface area contributed by atoms with Crippen LogP contribution in [0.4, 0.5) is 4.79 Å². The van der Waals surface area contributed by atoms with E-state index in [0.29, 0.717) is 13.1 Å². The van der Waals surface area contributed by atoms with Gasteiger partial charge < -0.3 is 20.4 Å². The van der Waals surface area contributed by atoms with Gasteiger partial charge in [-0.05, 0) is 25.7 Å². The van der Waals surface area contributed by atoms with E-state index in [0.717, 1.165) is 38.8 Å². The zero-order chi connectivity index (χ0) is 16.4. The number of rotatable bonds is 8. The Morgan fingerprint density at radius 3 is 2.32 bits per heavy atom. The third-order valence-electron chi connectivity index (χ3n) is 3.54. The summed E-state index contributed by atoms with van der Waals surface area (Å²) in [6.07, 6.45) is 3.67. The van der Waals surface area contributed by atoms with Crippen LogP contribution < -0.4 is 10.6 Å². The van der Waals surface area contributed by atoms with E-state index in [9.17, 15) is 14.4 Å². The lowest BCUT2D eigenvalue weighted by Crippen LogP contribution is -2.48. The number of hydrogen-bond acceptors (Lipinski definition) is 3. The van der Waals surface area contributed by atoms with Crippen molar-refractivity contribution in [2.45, 2.75) is 39.5 Å². The average Bonchev–Trinajstić information content (AvgIpc) is 3.04. The second kappa shape index (κ2) is 10.0. The van der Waals surface area contributed by atoms with Gasteiger partial charge in [-0.25, -0.2) is 4.79 Å². The molecule has 2 N–H and O–H groups in total. The maximum atomic E-state index is 12.1. The summed E-state index contributed by atoms with van der Waals surface area (Å²) >= 11 is 0. The third kappa shape index (κ3) is 6.32. The monoisotopic (exact) mass is 312 g/mol. The van der Waals surface area contributed by atoms with Gasteiger partial charge in [0, 0.05) is 26.2 Å². The Morgan fingerprint density at radius 2 is 1.73 bits per heavy atom. The van der Waals surface area contributed by atoms with Crippen molar-refractivity contribution < 1.29 is 14.4 Å². The van der Waals surface area contributed by atoms with Crippen LogP contribution in [0.5, 0.6) is 0 Å². The number of likely N-dealkylation sites (tertiary alicyclic amines) is 1. The fourth-order valence-electron chi connectivity index (χ4n) is 2.36. The van der Waals surface area contributed by atoms with E-state index in [1.54, 1.807) is 4.90 Å². The first-order valence-electron chi connectivity index (χ1n) is 8.15. The molecule has 0 aromatic carbocycles. The average molecular weight is 312 g/mol. The zero-order valence-corrected chi connectivity index (χ0v) is 13.7. The van der Waals surface area contributed by atoms with Crippen LogP contribution in [-0.4, -0.2) is 66.9 Å². The molecule has 4 amide bonds. The maximum Gasteiger partial charge on any atom is 0.318 e. The number of amides is 4. The van der Waals surface area contributed by atoms with E-state index < -0.39 is 0 Å². The first kappa shape index (κ1) is 18.3. The molecule has 126 valence electrons. The molecule has 0 aromatic heterocycles. The number of carbonyl (C=O) groups excluding carboxylic acids is 3. The molecule has 1 fully saturated rings. The molecule has 1 aliphatic heterocycles. The summed E-state index contributed by atoms with van der Waals surface area (Å²) in [5, 5.41) is 5.37. The van der Waals surface area contributed by atoms with Crippen molar-refractivity contribution in [3.63, 3.8) is 0 Å². The lowest BCUT2D eigenvalue weighted by molar-refractivity contribution is -0.129. The summed E-state index contributed by atoms with van der Waals surface area (Å²) in [6.45, 7) is 6.57. The predicted molar refractivity (Wildman–Crippen MR) is 84.4 cm³/mol. The molecule has 0 atom stereocenters. The largest absolute Gasteiger partial charge is 0.355 e. The van der Waals surface area contributed by atoms with Crippen LogP contribution in [0, 0.1) is 0 Å². The Kier molecular flexibility index (Phi) is 8.32. The van der Waals surface area contributed by atoms with E-state index in [4.69, 9.17) is 0 Å². The Hall–Kier alpha value is -1.79. The maximum absolute atomic E-state index is 12.1. The lowest BCUT2D eigenvalue weighted by atomic mass is 10.4. The molecular formula is C15H28N4O3. The molecule has 7 nitrogen and oxygen atoms in total. The zero-order valence-electron chi connectivity index (χ0n) is 13.7. The minimum Gasteiger partial charge on any atom is -0.355 e. The fourth-order valence-corrected chi connectivity index (χ4v) is 2.36. The van der Waals surface area contributed by atoms with Crippen LogP contribution in [0.3, 0.4) is 0 Å². The molecule has 0 radical (unpaired) electrons. The molecule has 0 aliphatic carbocycles. The van der Waals surface area contributed by atoms with E-state index in [1.165, 1.54) is 4.90 Å². The van der Waals surface area contributed by atoms with Crippen molar-refractivity contribution in [3.05, 3.63) is 0 Å². The molecule has 22 heavy (non-hydrogen) atoms. The third-order valence-corrected chi connectivity index (χ3v) is 3.54. The Balaban J connectivity index is 2.39. The second-order valence-corrected chi connectivity index (χ2v) is 5.52. The van der Waals surface area contributed by atoms with E-state index in [2.05, 4.69) is 10.6 Å². The van der Waals surface area contributed by atoms with E-state index >= 15 is 0 Å². The number of urea groups is 1. The molecule has 1 rings (SSSR count). The van der Waals surface area contributed by atoms with Crippen molar-refractivity contribution in [3.8, 4) is 0 Å². The van der Waals surface area contributed by atoms with Gasteiger partial charge in [-0.15, -0.1) is 0 Å². The number of nitrogens with zero attached hydrogens (tertiary/aromatic N) is 2. The highest BCUT2D eigenvalue weighted by molar-refractivity contribution is 5.87. The topological polar surface area (TPSA) is 81.8 Å². The smallest absolute Gasteiger partial charge is 0.318 e. The van der Waals surface area contributed by atoms with E-state index in [1.807, 2.05) is 13.8 Å². The van der Waals surface area contributed by atoms with Crippen molar-refractivity contribution in [1.29, 1.82) is 0 Å². The summed E-state index contributed by atoms with van der Waals surface area (Å²) in [7, 11) is 0. The first-order chi connectivity index (χ1) is 10.6. The molecule has 1 heterocycles. The van der Waals surface area contributed by atoms with Gasteiger partial charge in [0.05, 0.1) is 6.54 Å². The fraction of sp³-hybridized carbons (Fsp3) is 0.800. The Bertz CT molecular complexity index is 381. The Morgan fingerprint density at radius 1 is 1.05 bits per heavy atom. The van der Waals surface area contributed by atoms with Gasteiger partial charge in [0.2, 0.25) is 11.8 Å². The molecule has 0 bridgehead atoms. The number of hydrogen-bond donors (Lipinski definition) is 2. The van der Waals surface area contributed by atoms with Gasteiger partial charge >= 0.3 is 6.03 Å². The van der Waals surface area contributed by atoms with Crippen LogP contribution in [0.1, 0.15) is 39.5 Å². The highest BCUT2D eigenvalue weighted by Gasteiger charge is 2.20.